The molecule has 0 fully saturated rings. The van der Waals surface area contributed by atoms with E-state index in [9.17, 15) is 35.6 Å². The third-order valence-corrected chi connectivity index (χ3v) is 5.21. The molecule has 0 saturated heterocycles. The largest absolute Gasteiger partial charge is 0.417 e. The van der Waals surface area contributed by atoms with Crippen molar-refractivity contribution in [2.75, 3.05) is 0 Å². The van der Waals surface area contributed by atoms with E-state index in [2.05, 4.69) is 0 Å². The summed E-state index contributed by atoms with van der Waals surface area (Å²) < 4.78 is 78.3. The highest BCUT2D eigenvalue weighted by Gasteiger charge is 2.37. The van der Waals surface area contributed by atoms with Gasteiger partial charge in [0, 0.05) is 5.56 Å². The van der Waals surface area contributed by atoms with Gasteiger partial charge in [0.15, 0.2) is 0 Å². The first kappa shape index (κ1) is 22.3. The molecule has 0 radical (unpaired) electrons. The molecule has 0 aliphatic carbocycles. The molecule has 3 N–H and O–H groups in total. The lowest BCUT2D eigenvalue weighted by Gasteiger charge is -2.17. The normalized spacial score (nSPS) is 12.9. The Labute approximate surface area is 163 Å². The van der Waals surface area contributed by atoms with Crippen molar-refractivity contribution in [2.45, 2.75) is 24.0 Å². The molecule has 2 aromatic rings. The molecule has 0 aliphatic rings. The second kappa shape index (κ2) is 8.57. The van der Waals surface area contributed by atoms with Gasteiger partial charge in [0.05, 0.1) is 16.5 Å². The van der Waals surface area contributed by atoms with Crippen LogP contribution in [-0.4, -0.2) is 26.3 Å². The Morgan fingerprint density at radius 2 is 1.55 bits per heavy atom. The van der Waals surface area contributed by atoms with E-state index in [4.69, 9.17) is 0 Å². The second-order valence-corrected chi connectivity index (χ2v) is 7.47. The zero-order valence-corrected chi connectivity index (χ0v) is 15.6. The van der Waals surface area contributed by atoms with Gasteiger partial charge in [-0.15, -0.1) is 0 Å². The Hall–Kier alpha value is -2.99. The summed E-state index contributed by atoms with van der Waals surface area (Å²) in [7, 11) is -4.70. The second-order valence-electron chi connectivity index (χ2n) is 5.79. The first-order valence-corrected chi connectivity index (χ1v) is 9.44. The zero-order valence-electron chi connectivity index (χ0n) is 14.7. The van der Waals surface area contributed by atoms with Crippen LogP contribution in [-0.2, 0) is 21.0 Å². The number of rotatable bonds is 5. The Bertz CT molecular complexity index is 1010. The van der Waals surface area contributed by atoms with Gasteiger partial charge in [-0.1, -0.05) is 12.1 Å². The van der Waals surface area contributed by atoms with Crippen LogP contribution in [0.3, 0.4) is 0 Å². The third-order valence-electron chi connectivity index (χ3n) is 3.61. The highest BCUT2D eigenvalue weighted by atomic mass is 32.2. The van der Waals surface area contributed by atoms with Crippen molar-refractivity contribution in [3.63, 3.8) is 0 Å². The van der Waals surface area contributed by atoms with E-state index in [0.717, 1.165) is 49.4 Å². The van der Waals surface area contributed by atoms with Crippen molar-refractivity contribution in [1.29, 1.82) is 0 Å². The number of amides is 2. The third kappa shape index (κ3) is 5.74. The van der Waals surface area contributed by atoms with E-state index in [1.54, 1.807) is 0 Å². The van der Waals surface area contributed by atoms with E-state index in [1.165, 1.54) is 0 Å². The van der Waals surface area contributed by atoms with Crippen molar-refractivity contribution in [1.82, 2.24) is 15.6 Å². The van der Waals surface area contributed by atoms with Gasteiger partial charge in [-0.2, -0.15) is 17.9 Å². The summed E-state index contributed by atoms with van der Waals surface area (Å²) in [6, 6.07) is 6.31. The standard InChI is InChI=1S/C17H15F4N3O4S/c1-10(15(25)22-23-16(26)11-6-8-12(18)9-7-11)24-29(27,28)14-5-3-2-4-13(14)17(19,20)21/h2-10,24H,1H3,(H,22,25)(H,23,26)/t10-/m0/s1. The van der Waals surface area contributed by atoms with Gasteiger partial charge in [0.2, 0.25) is 10.0 Å². The summed E-state index contributed by atoms with van der Waals surface area (Å²) in [5.74, 6) is -2.42. The number of alkyl halides is 3. The summed E-state index contributed by atoms with van der Waals surface area (Å²) in [5, 5.41) is 0. The topological polar surface area (TPSA) is 104 Å². The van der Waals surface area contributed by atoms with Gasteiger partial charge in [-0.25, -0.2) is 12.8 Å². The van der Waals surface area contributed by atoms with Crippen molar-refractivity contribution >= 4 is 21.8 Å². The predicted molar refractivity (Wildman–Crippen MR) is 93.2 cm³/mol. The lowest BCUT2D eigenvalue weighted by atomic mass is 10.2. The minimum absolute atomic E-state index is 0.0130. The smallest absolute Gasteiger partial charge is 0.271 e. The molecule has 12 heteroatoms. The van der Waals surface area contributed by atoms with Crippen LogP contribution in [0.2, 0.25) is 0 Å². The molecule has 2 aromatic carbocycles. The van der Waals surface area contributed by atoms with Crippen LogP contribution < -0.4 is 15.6 Å². The van der Waals surface area contributed by atoms with Crippen LogP contribution in [0.4, 0.5) is 17.6 Å². The van der Waals surface area contributed by atoms with E-state index < -0.39 is 50.3 Å². The molecule has 0 spiro atoms. The number of carbonyl (C=O) groups is 2. The Morgan fingerprint density at radius 1 is 0.966 bits per heavy atom. The molecule has 0 heterocycles. The van der Waals surface area contributed by atoms with Gasteiger partial charge < -0.3 is 0 Å². The van der Waals surface area contributed by atoms with Crippen LogP contribution in [0.25, 0.3) is 0 Å². The number of hydrogen-bond donors (Lipinski definition) is 3. The highest BCUT2D eigenvalue weighted by molar-refractivity contribution is 7.89. The first-order chi connectivity index (χ1) is 13.4. The maximum atomic E-state index is 13.0. The summed E-state index contributed by atoms with van der Waals surface area (Å²) in [6.07, 6.45) is -4.92. The minimum Gasteiger partial charge on any atom is -0.271 e. The number of hydrogen-bond acceptors (Lipinski definition) is 4. The fraction of sp³-hybridized carbons (Fsp3) is 0.176. The maximum absolute atomic E-state index is 13.0. The Kier molecular flexibility index (Phi) is 6.59. The number of nitrogens with one attached hydrogen (secondary N) is 3. The van der Waals surface area contributed by atoms with Gasteiger partial charge in [-0.05, 0) is 43.3 Å². The van der Waals surface area contributed by atoms with Crippen LogP contribution in [0.1, 0.15) is 22.8 Å². The van der Waals surface area contributed by atoms with E-state index in [-0.39, 0.29) is 5.56 Å². The van der Waals surface area contributed by atoms with E-state index in [1.807, 2.05) is 15.6 Å². The lowest BCUT2D eigenvalue weighted by molar-refractivity contribution is -0.139. The quantitative estimate of drug-likeness (QED) is 0.495. The van der Waals surface area contributed by atoms with Gasteiger partial charge in [0.1, 0.15) is 5.82 Å². The summed E-state index contributed by atoms with van der Waals surface area (Å²) in [6.45, 7) is 1.08. The van der Waals surface area contributed by atoms with Gasteiger partial charge in [0.25, 0.3) is 11.8 Å². The lowest BCUT2D eigenvalue weighted by Crippen LogP contribution is -2.51. The minimum atomic E-state index is -4.92. The van der Waals surface area contributed by atoms with Crippen LogP contribution in [0.15, 0.2) is 53.4 Å². The number of hydrazine groups is 1. The molecule has 0 unspecified atom stereocenters. The number of sulfonamides is 1. The molecule has 0 aliphatic heterocycles. The van der Waals surface area contributed by atoms with Gasteiger partial charge in [-0.3, -0.25) is 20.4 Å². The monoisotopic (exact) mass is 433 g/mol. The van der Waals surface area contributed by atoms with Gasteiger partial charge >= 0.3 is 6.18 Å². The SMILES string of the molecule is C[C@H](NS(=O)(=O)c1ccccc1C(F)(F)F)C(=O)NNC(=O)c1ccc(F)cc1. The molecule has 1 atom stereocenters. The highest BCUT2D eigenvalue weighted by Crippen LogP contribution is 2.33. The Balaban J connectivity index is 2.05. The first-order valence-electron chi connectivity index (χ1n) is 7.96. The van der Waals surface area contributed by atoms with Crippen LogP contribution in [0, 0.1) is 5.82 Å². The Morgan fingerprint density at radius 3 is 2.14 bits per heavy atom. The van der Waals surface area contributed by atoms with Crippen molar-refractivity contribution in [2.24, 2.45) is 0 Å². The van der Waals surface area contributed by atoms with Crippen LogP contribution >= 0.6 is 0 Å². The van der Waals surface area contributed by atoms with Crippen molar-refractivity contribution in [3.05, 3.63) is 65.5 Å². The molecule has 0 bridgehead atoms. The molecular weight excluding hydrogens is 418 g/mol. The maximum Gasteiger partial charge on any atom is 0.417 e. The van der Waals surface area contributed by atoms with Crippen molar-refractivity contribution < 1.29 is 35.6 Å². The molecule has 0 aromatic heterocycles. The molecule has 7 nitrogen and oxygen atoms in total. The number of halogens is 4. The molecule has 0 saturated carbocycles. The molecular formula is C17H15F4N3O4S. The zero-order chi connectivity index (χ0) is 21.8. The van der Waals surface area contributed by atoms with Crippen LogP contribution in [0.5, 0.6) is 0 Å². The van der Waals surface area contributed by atoms with E-state index in [0.29, 0.717) is 6.07 Å². The fourth-order valence-corrected chi connectivity index (χ4v) is 3.62. The molecule has 2 rings (SSSR count). The summed E-state index contributed by atoms with van der Waals surface area (Å²) >= 11 is 0. The average Bonchev–Trinajstić information content (AvgIpc) is 2.65. The fourth-order valence-electron chi connectivity index (χ4n) is 2.18. The number of carbonyl (C=O) groups excluding carboxylic acids is 2. The molecule has 29 heavy (non-hydrogen) atoms. The molecule has 156 valence electrons. The van der Waals surface area contributed by atoms with Crippen molar-refractivity contribution in [3.8, 4) is 0 Å². The average molecular weight is 433 g/mol. The number of benzene rings is 2. The predicted octanol–water partition coefficient (Wildman–Crippen LogP) is 1.97. The van der Waals surface area contributed by atoms with E-state index >= 15 is 0 Å². The molecule has 2 amide bonds. The summed E-state index contributed by atoms with van der Waals surface area (Å²) in [5.41, 5.74) is 2.55. The summed E-state index contributed by atoms with van der Waals surface area (Å²) in [4.78, 5) is 22.8.